The smallest absolute Gasteiger partial charge is 0.266 e. The lowest BCUT2D eigenvalue weighted by molar-refractivity contribution is -0.139. The van der Waals surface area contributed by atoms with Gasteiger partial charge in [0, 0.05) is 30.0 Å². The standard InChI is InChI=1S/C26H28F4N4O2/c1-14(2)25(35)34-9-7-26(36,8-10-34)21-11-18-20(13-32-21)31-12-19(27)23(18)33-15(3)16-5-4-6-17(22(16)28)24(29)30/h4-6,11-15,24,36H,7-10H2,1-3H3,(H,31,33)/t15-/m1/s1. The van der Waals surface area contributed by atoms with Crippen LogP contribution in [0.4, 0.5) is 23.2 Å². The van der Waals surface area contributed by atoms with Crippen molar-refractivity contribution in [3.05, 3.63) is 65.1 Å². The van der Waals surface area contributed by atoms with Gasteiger partial charge in [-0.05, 0) is 25.8 Å². The van der Waals surface area contributed by atoms with Crippen molar-refractivity contribution in [1.82, 2.24) is 14.9 Å². The maximum atomic E-state index is 14.9. The molecule has 0 aliphatic carbocycles. The first-order chi connectivity index (χ1) is 17.0. The highest BCUT2D eigenvalue weighted by Gasteiger charge is 2.37. The number of hydrogen-bond acceptors (Lipinski definition) is 5. The number of anilines is 1. The number of benzene rings is 1. The lowest BCUT2D eigenvalue weighted by atomic mass is 9.87. The molecule has 0 spiro atoms. The first-order valence-corrected chi connectivity index (χ1v) is 11.8. The van der Waals surface area contributed by atoms with Crippen molar-refractivity contribution in [2.45, 2.75) is 51.7 Å². The van der Waals surface area contributed by atoms with Gasteiger partial charge in [0.2, 0.25) is 5.91 Å². The van der Waals surface area contributed by atoms with Crippen molar-refractivity contribution in [2.75, 3.05) is 18.4 Å². The number of carbonyl (C=O) groups excluding carboxylic acids is 1. The van der Waals surface area contributed by atoms with E-state index in [0.29, 0.717) is 29.7 Å². The molecule has 0 saturated carbocycles. The number of piperidine rings is 1. The summed E-state index contributed by atoms with van der Waals surface area (Å²) in [4.78, 5) is 22.4. The number of aliphatic hydroxyl groups is 1. The van der Waals surface area contributed by atoms with E-state index in [1.54, 1.807) is 4.90 Å². The Morgan fingerprint density at radius 1 is 1.08 bits per heavy atom. The molecule has 1 aromatic carbocycles. The summed E-state index contributed by atoms with van der Waals surface area (Å²) in [5, 5.41) is 14.5. The average Bonchev–Trinajstić information content (AvgIpc) is 2.85. The molecule has 0 unspecified atom stereocenters. The molecule has 3 aromatic rings. The summed E-state index contributed by atoms with van der Waals surface area (Å²) in [6, 6.07) is 4.38. The molecule has 36 heavy (non-hydrogen) atoms. The zero-order valence-electron chi connectivity index (χ0n) is 20.2. The number of nitrogens with one attached hydrogen (secondary N) is 1. The van der Waals surface area contributed by atoms with E-state index in [1.807, 2.05) is 13.8 Å². The minimum atomic E-state index is -2.98. The topological polar surface area (TPSA) is 78.4 Å². The summed E-state index contributed by atoms with van der Waals surface area (Å²) in [7, 11) is 0. The number of amides is 1. The molecule has 1 aliphatic rings. The molecule has 1 saturated heterocycles. The third-order valence-electron chi connectivity index (χ3n) is 6.70. The van der Waals surface area contributed by atoms with Gasteiger partial charge in [0.15, 0.2) is 5.82 Å². The zero-order valence-corrected chi connectivity index (χ0v) is 20.2. The van der Waals surface area contributed by atoms with Gasteiger partial charge in [0.25, 0.3) is 6.43 Å². The Morgan fingerprint density at radius 2 is 1.75 bits per heavy atom. The lowest BCUT2D eigenvalue weighted by Crippen LogP contribution is -2.46. The third kappa shape index (κ3) is 4.86. The summed E-state index contributed by atoms with van der Waals surface area (Å²) >= 11 is 0. The molecule has 0 radical (unpaired) electrons. The number of rotatable bonds is 6. The molecule has 1 amide bonds. The van der Waals surface area contributed by atoms with Gasteiger partial charge in [-0.3, -0.25) is 14.8 Å². The molecule has 2 N–H and O–H groups in total. The fourth-order valence-electron chi connectivity index (χ4n) is 4.56. The summed E-state index contributed by atoms with van der Waals surface area (Å²) < 4.78 is 55.9. The fraction of sp³-hybridized carbons (Fsp3) is 0.423. The molecular weight excluding hydrogens is 476 g/mol. The van der Waals surface area contributed by atoms with Gasteiger partial charge >= 0.3 is 0 Å². The normalized spacial score (nSPS) is 16.6. The Balaban J connectivity index is 1.66. The van der Waals surface area contributed by atoms with Crippen LogP contribution in [0, 0.1) is 17.6 Å². The summed E-state index contributed by atoms with van der Waals surface area (Å²) in [5.41, 5.74) is -1.44. The van der Waals surface area contributed by atoms with Crippen LogP contribution in [0.1, 0.15) is 62.9 Å². The molecule has 2 aromatic heterocycles. The average molecular weight is 505 g/mol. The number of nitrogens with zero attached hydrogens (tertiary/aromatic N) is 3. The van der Waals surface area contributed by atoms with E-state index in [-0.39, 0.29) is 35.9 Å². The second kappa shape index (κ2) is 10.0. The van der Waals surface area contributed by atoms with Crippen LogP contribution in [0.3, 0.4) is 0 Å². The van der Waals surface area contributed by atoms with Crippen molar-refractivity contribution in [3.63, 3.8) is 0 Å². The van der Waals surface area contributed by atoms with Crippen LogP contribution in [0.15, 0.2) is 36.7 Å². The van der Waals surface area contributed by atoms with E-state index in [4.69, 9.17) is 0 Å². The Hall–Kier alpha value is -3.27. The Labute approximate surface area is 206 Å². The van der Waals surface area contributed by atoms with Gasteiger partial charge in [0.1, 0.15) is 11.4 Å². The van der Waals surface area contributed by atoms with E-state index < -0.39 is 35.3 Å². The van der Waals surface area contributed by atoms with Gasteiger partial charge < -0.3 is 15.3 Å². The van der Waals surface area contributed by atoms with Gasteiger partial charge in [-0.1, -0.05) is 32.0 Å². The quantitative estimate of drug-likeness (QED) is 0.435. The predicted molar refractivity (Wildman–Crippen MR) is 127 cm³/mol. The van der Waals surface area contributed by atoms with Crippen molar-refractivity contribution >= 4 is 22.5 Å². The first kappa shape index (κ1) is 25.8. The Kier molecular flexibility index (Phi) is 7.17. The molecule has 192 valence electrons. The van der Waals surface area contributed by atoms with Crippen molar-refractivity contribution < 1.29 is 27.5 Å². The van der Waals surface area contributed by atoms with E-state index in [2.05, 4.69) is 15.3 Å². The minimum Gasteiger partial charge on any atom is -0.383 e. The number of alkyl halides is 2. The van der Waals surface area contributed by atoms with E-state index >= 15 is 0 Å². The van der Waals surface area contributed by atoms with Crippen LogP contribution in [0.5, 0.6) is 0 Å². The number of likely N-dealkylation sites (tertiary alicyclic amines) is 1. The summed E-state index contributed by atoms with van der Waals surface area (Å²) in [5.74, 6) is -1.91. The van der Waals surface area contributed by atoms with Crippen LogP contribution in [0.2, 0.25) is 0 Å². The highest BCUT2D eigenvalue weighted by atomic mass is 19.3. The Bertz CT molecular complexity index is 1280. The van der Waals surface area contributed by atoms with Gasteiger partial charge in [0.05, 0.1) is 40.9 Å². The van der Waals surface area contributed by atoms with Gasteiger partial charge in [-0.25, -0.2) is 17.6 Å². The van der Waals surface area contributed by atoms with E-state index in [0.717, 1.165) is 12.3 Å². The first-order valence-electron chi connectivity index (χ1n) is 11.8. The van der Waals surface area contributed by atoms with Crippen molar-refractivity contribution in [3.8, 4) is 0 Å². The predicted octanol–water partition coefficient (Wildman–Crippen LogP) is 5.48. The summed E-state index contributed by atoms with van der Waals surface area (Å²) in [6.07, 6.45) is -0.0429. The highest BCUT2D eigenvalue weighted by Crippen LogP contribution is 2.36. The number of aromatic nitrogens is 2. The maximum absolute atomic E-state index is 14.9. The van der Waals surface area contributed by atoms with Gasteiger partial charge in [-0.2, -0.15) is 0 Å². The van der Waals surface area contributed by atoms with Gasteiger partial charge in [-0.15, -0.1) is 0 Å². The minimum absolute atomic E-state index is 0.00554. The summed E-state index contributed by atoms with van der Waals surface area (Å²) in [6.45, 7) is 5.89. The third-order valence-corrected chi connectivity index (χ3v) is 6.70. The Morgan fingerprint density at radius 3 is 2.39 bits per heavy atom. The highest BCUT2D eigenvalue weighted by molar-refractivity contribution is 5.91. The lowest BCUT2D eigenvalue weighted by Gasteiger charge is -2.38. The molecule has 1 aliphatic heterocycles. The molecular formula is C26H28F4N4O2. The molecule has 1 fully saturated rings. The van der Waals surface area contributed by atoms with Crippen LogP contribution in [-0.4, -0.2) is 39.0 Å². The van der Waals surface area contributed by atoms with Crippen LogP contribution in [-0.2, 0) is 10.4 Å². The van der Waals surface area contributed by atoms with Crippen LogP contribution < -0.4 is 5.32 Å². The van der Waals surface area contributed by atoms with E-state index in [9.17, 15) is 27.5 Å². The van der Waals surface area contributed by atoms with Crippen LogP contribution in [0.25, 0.3) is 10.9 Å². The second-order valence-corrected chi connectivity index (χ2v) is 9.50. The molecule has 0 bridgehead atoms. The number of fused-ring (bicyclic) bond motifs is 1. The molecule has 3 heterocycles. The molecule has 4 rings (SSSR count). The molecule has 6 nitrogen and oxygen atoms in total. The maximum Gasteiger partial charge on any atom is 0.266 e. The number of hydrogen-bond donors (Lipinski definition) is 2. The fourth-order valence-corrected chi connectivity index (χ4v) is 4.56. The molecule has 1 atom stereocenters. The van der Waals surface area contributed by atoms with E-state index in [1.165, 1.54) is 31.3 Å². The second-order valence-electron chi connectivity index (χ2n) is 9.50. The zero-order chi connectivity index (χ0) is 26.2. The SMILES string of the molecule is CC(C)C(=O)N1CCC(O)(c2cc3c(N[C@H](C)c4cccc(C(F)F)c4F)c(F)cnc3cn2)CC1. The number of carbonyl (C=O) groups is 1. The largest absolute Gasteiger partial charge is 0.383 e. The monoisotopic (exact) mass is 504 g/mol. The number of pyridine rings is 2. The van der Waals surface area contributed by atoms with Crippen molar-refractivity contribution in [1.29, 1.82) is 0 Å². The molecule has 10 heteroatoms. The van der Waals surface area contributed by atoms with Crippen molar-refractivity contribution in [2.24, 2.45) is 5.92 Å². The van der Waals surface area contributed by atoms with Crippen LogP contribution >= 0.6 is 0 Å². The number of halogens is 4.